The Kier molecular flexibility index (Phi) is 3.00. The van der Waals surface area contributed by atoms with Gasteiger partial charge in [-0.3, -0.25) is 9.59 Å². The maximum atomic E-state index is 12.1. The third-order valence-corrected chi connectivity index (χ3v) is 2.90. The van der Waals surface area contributed by atoms with E-state index >= 15 is 0 Å². The number of carbonyl (C=O) groups excluding carboxylic acids is 2. The molecule has 0 aliphatic carbocycles. The number of aromatic amines is 1. The molecule has 1 fully saturated rings. The van der Waals surface area contributed by atoms with E-state index in [0.717, 1.165) is 6.33 Å². The first-order valence-electron chi connectivity index (χ1n) is 5.39. The summed E-state index contributed by atoms with van der Waals surface area (Å²) in [6, 6.07) is -0.684. The van der Waals surface area contributed by atoms with Crippen molar-refractivity contribution in [2.24, 2.45) is 5.73 Å². The fourth-order valence-corrected chi connectivity index (χ4v) is 2.06. The average molecular weight is 252 g/mol. The number of aromatic carboxylic acids is 1. The number of primary amides is 1. The van der Waals surface area contributed by atoms with Crippen molar-refractivity contribution in [1.29, 1.82) is 0 Å². The van der Waals surface area contributed by atoms with Crippen molar-refractivity contribution >= 4 is 17.8 Å². The molecule has 1 aliphatic heterocycles. The van der Waals surface area contributed by atoms with Crippen LogP contribution < -0.4 is 5.73 Å². The monoisotopic (exact) mass is 252 g/mol. The number of H-pyrrole nitrogens is 1. The SMILES string of the molecule is NC(=O)C1CCCN1C(=O)c1nc[nH]c1C(=O)O. The number of hydrogen-bond acceptors (Lipinski definition) is 4. The highest BCUT2D eigenvalue weighted by Gasteiger charge is 2.35. The minimum Gasteiger partial charge on any atom is -0.477 e. The van der Waals surface area contributed by atoms with Gasteiger partial charge >= 0.3 is 5.97 Å². The van der Waals surface area contributed by atoms with Crippen LogP contribution in [0.2, 0.25) is 0 Å². The summed E-state index contributed by atoms with van der Waals surface area (Å²) >= 11 is 0. The molecule has 0 bridgehead atoms. The van der Waals surface area contributed by atoms with Gasteiger partial charge in [-0.2, -0.15) is 0 Å². The number of carboxylic acids is 1. The highest BCUT2D eigenvalue weighted by molar-refractivity contribution is 6.03. The van der Waals surface area contributed by atoms with Gasteiger partial charge in [-0.1, -0.05) is 0 Å². The molecule has 8 heteroatoms. The third kappa shape index (κ3) is 1.92. The van der Waals surface area contributed by atoms with E-state index in [-0.39, 0.29) is 11.4 Å². The van der Waals surface area contributed by atoms with E-state index in [2.05, 4.69) is 9.97 Å². The quantitative estimate of drug-likeness (QED) is 0.648. The number of nitrogens with one attached hydrogen (secondary N) is 1. The van der Waals surface area contributed by atoms with Gasteiger partial charge in [0.15, 0.2) is 11.4 Å². The molecule has 1 saturated heterocycles. The van der Waals surface area contributed by atoms with Crippen molar-refractivity contribution in [3.05, 3.63) is 17.7 Å². The molecule has 1 aromatic rings. The largest absolute Gasteiger partial charge is 0.477 e. The predicted molar refractivity (Wildman–Crippen MR) is 58.8 cm³/mol. The fraction of sp³-hybridized carbons (Fsp3) is 0.400. The second-order valence-electron chi connectivity index (χ2n) is 3.99. The standard InChI is InChI=1S/C10H12N4O4/c11-8(15)5-2-1-3-14(5)9(16)6-7(10(17)18)13-4-12-6/h4-5H,1-3H2,(H2,11,15)(H,12,13)(H,17,18). The number of hydrogen-bond donors (Lipinski definition) is 3. The Morgan fingerprint density at radius 2 is 2.22 bits per heavy atom. The summed E-state index contributed by atoms with van der Waals surface area (Å²) in [5, 5.41) is 8.89. The Bertz CT molecular complexity index is 510. The number of carbonyl (C=O) groups is 3. The topological polar surface area (TPSA) is 129 Å². The Balaban J connectivity index is 2.28. The molecular formula is C10H12N4O4. The van der Waals surface area contributed by atoms with Crippen molar-refractivity contribution in [2.75, 3.05) is 6.54 Å². The van der Waals surface area contributed by atoms with Crippen LogP contribution in [0.5, 0.6) is 0 Å². The van der Waals surface area contributed by atoms with Crippen molar-refractivity contribution in [3.63, 3.8) is 0 Å². The van der Waals surface area contributed by atoms with Crippen molar-refractivity contribution < 1.29 is 19.5 Å². The molecule has 2 heterocycles. The van der Waals surface area contributed by atoms with Crippen LogP contribution >= 0.6 is 0 Å². The molecule has 0 spiro atoms. The molecule has 2 amide bonds. The zero-order valence-corrected chi connectivity index (χ0v) is 9.42. The second-order valence-corrected chi connectivity index (χ2v) is 3.99. The van der Waals surface area contributed by atoms with Crippen LogP contribution in [0.3, 0.4) is 0 Å². The first-order chi connectivity index (χ1) is 8.52. The van der Waals surface area contributed by atoms with Crippen LogP contribution in [0, 0.1) is 0 Å². The van der Waals surface area contributed by atoms with E-state index in [0.29, 0.717) is 19.4 Å². The molecule has 8 nitrogen and oxygen atoms in total. The van der Waals surface area contributed by atoms with E-state index in [1.807, 2.05) is 0 Å². The van der Waals surface area contributed by atoms with Crippen molar-refractivity contribution in [1.82, 2.24) is 14.9 Å². The maximum Gasteiger partial charge on any atom is 0.354 e. The molecule has 1 atom stereocenters. The van der Waals surface area contributed by atoms with Crippen molar-refractivity contribution in [2.45, 2.75) is 18.9 Å². The van der Waals surface area contributed by atoms with E-state index in [9.17, 15) is 14.4 Å². The van der Waals surface area contributed by atoms with E-state index in [4.69, 9.17) is 10.8 Å². The summed E-state index contributed by atoms with van der Waals surface area (Å²) in [5.74, 6) is -2.45. The molecule has 2 rings (SSSR count). The van der Waals surface area contributed by atoms with Gasteiger partial charge in [-0.15, -0.1) is 0 Å². The molecular weight excluding hydrogens is 240 g/mol. The normalized spacial score (nSPS) is 18.9. The van der Waals surface area contributed by atoms with Crippen LogP contribution in [0.1, 0.15) is 33.8 Å². The molecule has 1 aliphatic rings. The van der Waals surface area contributed by atoms with Gasteiger partial charge in [0.1, 0.15) is 6.04 Å². The number of amides is 2. The summed E-state index contributed by atoms with van der Waals surface area (Å²) in [6.07, 6.45) is 2.28. The minimum absolute atomic E-state index is 0.198. The summed E-state index contributed by atoms with van der Waals surface area (Å²) < 4.78 is 0. The van der Waals surface area contributed by atoms with Crippen molar-refractivity contribution in [3.8, 4) is 0 Å². The Morgan fingerprint density at radius 3 is 2.83 bits per heavy atom. The number of likely N-dealkylation sites (tertiary alicyclic amines) is 1. The Hall–Kier alpha value is -2.38. The number of carboxylic acid groups (broad SMARTS) is 1. The molecule has 0 saturated carbocycles. The van der Waals surface area contributed by atoms with Crippen LogP contribution in [0.25, 0.3) is 0 Å². The van der Waals surface area contributed by atoms with Crippen LogP contribution in [0.4, 0.5) is 0 Å². The van der Waals surface area contributed by atoms with Crippen LogP contribution in [-0.2, 0) is 4.79 Å². The average Bonchev–Trinajstić information content (AvgIpc) is 2.97. The fourth-order valence-electron chi connectivity index (χ4n) is 2.06. The first-order valence-corrected chi connectivity index (χ1v) is 5.39. The minimum atomic E-state index is -1.27. The molecule has 0 radical (unpaired) electrons. The van der Waals surface area contributed by atoms with Gasteiger partial charge in [0, 0.05) is 6.54 Å². The molecule has 0 aromatic carbocycles. The first kappa shape index (κ1) is 12.1. The highest BCUT2D eigenvalue weighted by Crippen LogP contribution is 2.20. The van der Waals surface area contributed by atoms with Crippen LogP contribution in [-0.4, -0.2) is 50.3 Å². The zero-order valence-electron chi connectivity index (χ0n) is 9.42. The lowest BCUT2D eigenvalue weighted by atomic mass is 10.2. The second kappa shape index (κ2) is 4.47. The Labute approximate surface area is 102 Å². The number of imidazole rings is 1. The smallest absolute Gasteiger partial charge is 0.354 e. The lowest BCUT2D eigenvalue weighted by molar-refractivity contribution is -0.121. The molecule has 96 valence electrons. The number of aromatic nitrogens is 2. The summed E-state index contributed by atoms with van der Waals surface area (Å²) in [6.45, 7) is 0.373. The maximum absolute atomic E-state index is 12.1. The lowest BCUT2D eigenvalue weighted by Crippen LogP contribution is -2.44. The van der Waals surface area contributed by atoms with Gasteiger partial charge in [0.25, 0.3) is 5.91 Å². The predicted octanol–water partition coefficient (Wildman–Crippen LogP) is -0.802. The summed E-state index contributed by atoms with van der Waals surface area (Å²) in [7, 11) is 0. The summed E-state index contributed by atoms with van der Waals surface area (Å²) in [5.41, 5.74) is 4.72. The third-order valence-electron chi connectivity index (χ3n) is 2.90. The number of nitrogens with two attached hydrogens (primary N) is 1. The van der Waals surface area contributed by atoms with Gasteiger partial charge in [0.05, 0.1) is 6.33 Å². The number of rotatable bonds is 3. The zero-order chi connectivity index (χ0) is 13.3. The van der Waals surface area contributed by atoms with E-state index < -0.39 is 23.8 Å². The highest BCUT2D eigenvalue weighted by atomic mass is 16.4. The van der Waals surface area contributed by atoms with Gasteiger partial charge in [-0.05, 0) is 12.8 Å². The molecule has 1 unspecified atom stereocenters. The molecule has 1 aromatic heterocycles. The van der Waals surface area contributed by atoms with Crippen LogP contribution in [0.15, 0.2) is 6.33 Å². The van der Waals surface area contributed by atoms with Gasteiger partial charge in [-0.25, -0.2) is 9.78 Å². The van der Waals surface area contributed by atoms with E-state index in [1.165, 1.54) is 4.90 Å². The van der Waals surface area contributed by atoms with Gasteiger partial charge < -0.3 is 20.7 Å². The Morgan fingerprint density at radius 1 is 1.50 bits per heavy atom. The van der Waals surface area contributed by atoms with E-state index in [1.54, 1.807) is 0 Å². The molecule has 18 heavy (non-hydrogen) atoms. The van der Waals surface area contributed by atoms with Gasteiger partial charge in [0.2, 0.25) is 5.91 Å². The summed E-state index contributed by atoms with van der Waals surface area (Å²) in [4.78, 5) is 41.5. The number of nitrogens with zero attached hydrogens (tertiary/aromatic N) is 2. The molecule has 4 N–H and O–H groups in total. The lowest BCUT2D eigenvalue weighted by Gasteiger charge is -2.21.